The highest BCUT2D eigenvalue weighted by Crippen LogP contribution is 2.26. The highest BCUT2D eigenvalue weighted by Gasteiger charge is 2.31. The fourth-order valence-corrected chi connectivity index (χ4v) is 2.34. The third-order valence-electron chi connectivity index (χ3n) is 3.46. The average Bonchev–Trinajstić information content (AvgIpc) is 2.75. The molecule has 0 spiro atoms. The Morgan fingerprint density at radius 1 is 1.50 bits per heavy atom. The molecule has 1 aliphatic rings. The average molecular weight is 253 g/mol. The Balaban J connectivity index is 2.08. The standard InChI is InChI=1S/C14H20FNO2/c1-10(16-14(2)6-7-18-9-14)11-4-5-13(17-3)12(15)8-11/h4-5,8,10,16H,6-7,9H2,1-3H3/t10-,14-/m1/s1. The first-order chi connectivity index (χ1) is 8.54. The van der Waals surface area contributed by atoms with Crippen molar-refractivity contribution in [2.24, 2.45) is 0 Å². The van der Waals surface area contributed by atoms with E-state index < -0.39 is 0 Å². The molecule has 0 aliphatic carbocycles. The van der Waals surface area contributed by atoms with E-state index in [1.165, 1.54) is 13.2 Å². The number of halogens is 1. The first-order valence-corrected chi connectivity index (χ1v) is 6.23. The third kappa shape index (κ3) is 2.82. The van der Waals surface area contributed by atoms with Crippen LogP contribution in [0.3, 0.4) is 0 Å². The third-order valence-corrected chi connectivity index (χ3v) is 3.46. The van der Waals surface area contributed by atoms with Gasteiger partial charge in [-0.3, -0.25) is 0 Å². The molecule has 1 N–H and O–H groups in total. The van der Waals surface area contributed by atoms with E-state index in [0.717, 1.165) is 18.6 Å². The van der Waals surface area contributed by atoms with Crippen LogP contribution < -0.4 is 10.1 Å². The van der Waals surface area contributed by atoms with E-state index in [9.17, 15) is 4.39 Å². The summed E-state index contributed by atoms with van der Waals surface area (Å²) in [5.41, 5.74) is 0.900. The molecule has 1 aromatic rings. The smallest absolute Gasteiger partial charge is 0.165 e. The van der Waals surface area contributed by atoms with E-state index in [4.69, 9.17) is 9.47 Å². The van der Waals surface area contributed by atoms with Crippen molar-refractivity contribution in [2.75, 3.05) is 20.3 Å². The molecule has 18 heavy (non-hydrogen) atoms. The lowest BCUT2D eigenvalue weighted by atomic mass is 9.98. The molecule has 0 amide bonds. The monoisotopic (exact) mass is 253 g/mol. The van der Waals surface area contributed by atoms with Crippen molar-refractivity contribution >= 4 is 0 Å². The summed E-state index contributed by atoms with van der Waals surface area (Å²) in [4.78, 5) is 0. The second-order valence-electron chi connectivity index (χ2n) is 5.12. The molecule has 2 rings (SSSR count). The molecule has 1 saturated heterocycles. The van der Waals surface area contributed by atoms with Crippen LogP contribution in [0.1, 0.15) is 31.9 Å². The zero-order valence-corrected chi connectivity index (χ0v) is 11.1. The maximum Gasteiger partial charge on any atom is 0.165 e. The second-order valence-corrected chi connectivity index (χ2v) is 5.12. The van der Waals surface area contributed by atoms with Gasteiger partial charge in [-0.25, -0.2) is 4.39 Å². The largest absolute Gasteiger partial charge is 0.494 e. The highest BCUT2D eigenvalue weighted by molar-refractivity contribution is 5.31. The van der Waals surface area contributed by atoms with Crippen molar-refractivity contribution < 1.29 is 13.9 Å². The van der Waals surface area contributed by atoms with E-state index >= 15 is 0 Å². The van der Waals surface area contributed by atoms with Crippen LogP contribution >= 0.6 is 0 Å². The minimum atomic E-state index is -0.323. The van der Waals surface area contributed by atoms with Crippen LogP contribution in [0.2, 0.25) is 0 Å². The number of hydrogen-bond donors (Lipinski definition) is 1. The first kappa shape index (κ1) is 13.3. The van der Waals surface area contributed by atoms with Gasteiger partial charge in [0.25, 0.3) is 0 Å². The zero-order valence-electron chi connectivity index (χ0n) is 11.1. The molecule has 0 unspecified atom stereocenters. The molecule has 1 fully saturated rings. The minimum Gasteiger partial charge on any atom is -0.494 e. The minimum absolute atomic E-state index is 0.0180. The molecule has 4 heteroatoms. The van der Waals surface area contributed by atoms with Gasteiger partial charge in [0.05, 0.1) is 13.7 Å². The van der Waals surface area contributed by atoms with Crippen LogP contribution in [0.25, 0.3) is 0 Å². The molecule has 0 radical (unpaired) electrons. The van der Waals surface area contributed by atoms with Crippen LogP contribution in [-0.4, -0.2) is 25.9 Å². The van der Waals surface area contributed by atoms with E-state index in [1.807, 2.05) is 13.0 Å². The predicted octanol–water partition coefficient (Wildman–Crippen LogP) is 2.66. The van der Waals surface area contributed by atoms with Crippen molar-refractivity contribution in [3.63, 3.8) is 0 Å². The van der Waals surface area contributed by atoms with Crippen LogP contribution in [0, 0.1) is 5.82 Å². The molecule has 100 valence electrons. The van der Waals surface area contributed by atoms with Crippen LogP contribution in [0.5, 0.6) is 5.75 Å². The van der Waals surface area contributed by atoms with Gasteiger partial charge in [-0.15, -0.1) is 0 Å². The number of nitrogens with one attached hydrogen (secondary N) is 1. The molecule has 3 nitrogen and oxygen atoms in total. The summed E-state index contributed by atoms with van der Waals surface area (Å²) < 4.78 is 24.0. The maximum absolute atomic E-state index is 13.6. The van der Waals surface area contributed by atoms with E-state index in [2.05, 4.69) is 12.2 Å². The number of methoxy groups -OCH3 is 1. The maximum atomic E-state index is 13.6. The van der Waals surface area contributed by atoms with Gasteiger partial charge in [-0.2, -0.15) is 0 Å². The molecular formula is C14H20FNO2. The number of hydrogen-bond acceptors (Lipinski definition) is 3. The van der Waals surface area contributed by atoms with Gasteiger partial charge in [0, 0.05) is 18.2 Å². The normalized spacial score (nSPS) is 25.1. The zero-order chi connectivity index (χ0) is 13.2. The highest BCUT2D eigenvalue weighted by atomic mass is 19.1. The molecular weight excluding hydrogens is 233 g/mol. The number of ether oxygens (including phenoxy) is 2. The van der Waals surface area contributed by atoms with Crippen LogP contribution in [0.4, 0.5) is 4.39 Å². The van der Waals surface area contributed by atoms with Gasteiger partial charge < -0.3 is 14.8 Å². The molecule has 0 bridgehead atoms. The second kappa shape index (κ2) is 5.24. The van der Waals surface area contributed by atoms with E-state index in [1.54, 1.807) is 6.07 Å². The summed E-state index contributed by atoms with van der Waals surface area (Å²) in [5.74, 6) is -0.0437. The van der Waals surface area contributed by atoms with Crippen molar-refractivity contribution in [1.82, 2.24) is 5.32 Å². The van der Waals surface area contributed by atoms with E-state index in [0.29, 0.717) is 6.61 Å². The molecule has 0 saturated carbocycles. The topological polar surface area (TPSA) is 30.5 Å². The van der Waals surface area contributed by atoms with Crippen molar-refractivity contribution in [3.8, 4) is 5.75 Å². The first-order valence-electron chi connectivity index (χ1n) is 6.23. The van der Waals surface area contributed by atoms with Crippen molar-refractivity contribution in [1.29, 1.82) is 0 Å². The van der Waals surface area contributed by atoms with Gasteiger partial charge in [0.15, 0.2) is 11.6 Å². The van der Waals surface area contributed by atoms with Gasteiger partial charge in [-0.1, -0.05) is 6.07 Å². The number of benzene rings is 1. The summed E-state index contributed by atoms with van der Waals surface area (Å²) in [5, 5.41) is 3.50. The van der Waals surface area contributed by atoms with E-state index in [-0.39, 0.29) is 23.1 Å². The molecule has 1 aromatic carbocycles. The van der Waals surface area contributed by atoms with Gasteiger partial charge in [0.1, 0.15) is 0 Å². The summed E-state index contributed by atoms with van der Waals surface area (Å²) in [7, 11) is 1.47. The van der Waals surface area contributed by atoms with Gasteiger partial charge in [-0.05, 0) is 38.0 Å². The fourth-order valence-electron chi connectivity index (χ4n) is 2.34. The fraction of sp³-hybridized carbons (Fsp3) is 0.571. The summed E-state index contributed by atoms with van der Waals surface area (Å²) in [6, 6.07) is 5.15. The molecule has 0 aromatic heterocycles. The molecule has 1 heterocycles. The summed E-state index contributed by atoms with van der Waals surface area (Å²) in [6.07, 6.45) is 0.982. The lowest BCUT2D eigenvalue weighted by Crippen LogP contribution is -2.44. The summed E-state index contributed by atoms with van der Waals surface area (Å²) in [6.45, 7) is 5.66. The lowest BCUT2D eigenvalue weighted by molar-refractivity contribution is 0.167. The lowest BCUT2D eigenvalue weighted by Gasteiger charge is -2.28. The Morgan fingerprint density at radius 3 is 2.83 bits per heavy atom. The Labute approximate surface area is 107 Å². The SMILES string of the molecule is COc1ccc([C@@H](C)N[C@]2(C)CCOC2)cc1F. The predicted molar refractivity (Wildman–Crippen MR) is 68.3 cm³/mol. The quantitative estimate of drug-likeness (QED) is 0.895. The number of rotatable bonds is 4. The molecule has 1 aliphatic heterocycles. The Kier molecular flexibility index (Phi) is 3.88. The van der Waals surface area contributed by atoms with Crippen LogP contribution in [0.15, 0.2) is 18.2 Å². The van der Waals surface area contributed by atoms with Crippen LogP contribution in [-0.2, 0) is 4.74 Å². The molecule has 2 atom stereocenters. The van der Waals surface area contributed by atoms with Crippen molar-refractivity contribution in [3.05, 3.63) is 29.6 Å². The Morgan fingerprint density at radius 2 is 2.28 bits per heavy atom. The van der Waals surface area contributed by atoms with Gasteiger partial charge >= 0.3 is 0 Å². The summed E-state index contributed by atoms with van der Waals surface area (Å²) >= 11 is 0. The van der Waals surface area contributed by atoms with Crippen molar-refractivity contribution in [2.45, 2.75) is 31.8 Å². The Hall–Kier alpha value is -1.13. The Bertz CT molecular complexity index is 416. The van der Waals surface area contributed by atoms with Gasteiger partial charge in [0.2, 0.25) is 0 Å².